The molecule has 0 spiro atoms. The number of nitrogens with one attached hydrogen (secondary N) is 2. The molecule has 1 saturated heterocycles. The average Bonchev–Trinajstić information content (AvgIpc) is 2.66. The van der Waals surface area contributed by atoms with Crippen LogP contribution in [-0.2, 0) is 10.2 Å². The Morgan fingerprint density at radius 3 is 2.67 bits per heavy atom. The van der Waals surface area contributed by atoms with Gasteiger partial charge in [-0.05, 0) is 25.4 Å². The molecular weight excluding hydrogens is 238 g/mol. The summed E-state index contributed by atoms with van der Waals surface area (Å²) in [4.78, 5) is 0. The minimum atomic E-state index is -3.24. The predicted molar refractivity (Wildman–Crippen MR) is 63.5 cm³/mol. The summed E-state index contributed by atoms with van der Waals surface area (Å²) in [6.07, 6.45) is 1.05. The fraction of sp³-hybridized carbons (Fsp3) is 1.00. The van der Waals surface area contributed by atoms with E-state index >= 15 is 0 Å². The Kier molecular flexibility index (Phi) is 6.70. The van der Waals surface area contributed by atoms with Crippen molar-refractivity contribution < 1.29 is 8.42 Å². The summed E-state index contributed by atoms with van der Waals surface area (Å²) >= 11 is 0. The van der Waals surface area contributed by atoms with Crippen molar-refractivity contribution >= 4 is 22.6 Å². The monoisotopic (exact) mass is 257 g/mol. The maximum Gasteiger partial charge on any atom is 0.279 e. The average molecular weight is 258 g/mol. The third-order valence-electron chi connectivity index (χ3n) is 2.57. The first kappa shape index (κ1) is 15.1. The Morgan fingerprint density at radius 2 is 2.20 bits per heavy atom. The van der Waals surface area contributed by atoms with E-state index in [2.05, 4.69) is 10.0 Å². The van der Waals surface area contributed by atoms with Crippen molar-refractivity contribution in [2.75, 3.05) is 33.2 Å². The molecule has 7 heteroatoms. The van der Waals surface area contributed by atoms with E-state index in [1.807, 2.05) is 6.92 Å². The molecule has 1 atom stereocenters. The van der Waals surface area contributed by atoms with E-state index in [9.17, 15) is 8.42 Å². The molecule has 1 aliphatic rings. The topological polar surface area (TPSA) is 61.4 Å². The second-order valence-electron chi connectivity index (χ2n) is 3.63. The highest BCUT2D eigenvalue weighted by atomic mass is 35.5. The van der Waals surface area contributed by atoms with Gasteiger partial charge in [0.2, 0.25) is 0 Å². The molecule has 1 fully saturated rings. The second kappa shape index (κ2) is 6.65. The van der Waals surface area contributed by atoms with Crippen LogP contribution in [0.4, 0.5) is 0 Å². The lowest BCUT2D eigenvalue weighted by molar-refractivity contribution is 0.461. The van der Waals surface area contributed by atoms with Crippen LogP contribution in [0.2, 0.25) is 0 Å². The lowest BCUT2D eigenvalue weighted by Gasteiger charge is -2.17. The zero-order valence-corrected chi connectivity index (χ0v) is 10.8. The van der Waals surface area contributed by atoms with Gasteiger partial charge >= 0.3 is 0 Å². The van der Waals surface area contributed by atoms with Crippen LogP contribution in [-0.4, -0.2) is 45.9 Å². The molecule has 5 nitrogen and oxygen atoms in total. The van der Waals surface area contributed by atoms with Crippen LogP contribution < -0.4 is 10.0 Å². The molecule has 0 aliphatic carbocycles. The maximum absolute atomic E-state index is 11.5. The minimum absolute atomic E-state index is 0. The molecule has 2 N–H and O–H groups in total. The minimum Gasteiger partial charge on any atom is -0.316 e. The maximum atomic E-state index is 11.5. The van der Waals surface area contributed by atoms with Crippen LogP contribution >= 0.6 is 12.4 Å². The SMILES string of the molecule is CCN(C)S(=O)(=O)NCC1CCNC1.Cl. The van der Waals surface area contributed by atoms with Gasteiger partial charge in [-0.25, -0.2) is 4.72 Å². The number of nitrogens with zero attached hydrogens (tertiary/aromatic N) is 1. The molecule has 1 unspecified atom stereocenters. The predicted octanol–water partition coefficient (Wildman–Crippen LogP) is -0.196. The van der Waals surface area contributed by atoms with Crippen LogP contribution in [0.25, 0.3) is 0 Å². The lowest BCUT2D eigenvalue weighted by atomic mass is 10.1. The van der Waals surface area contributed by atoms with E-state index in [4.69, 9.17) is 0 Å². The van der Waals surface area contributed by atoms with Crippen LogP contribution in [0, 0.1) is 5.92 Å². The van der Waals surface area contributed by atoms with Crippen molar-refractivity contribution in [2.45, 2.75) is 13.3 Å². The van der Waals surface area contributed by atoms with E-state index in [1.54, 1.807) is 7.05 Å². The molecule has 1 rings (SSSR count). The first-order valence-electron chi connectivity index (χ1n) is 4.98. The van der Waals surface area contributed by atoms with E-state index in [0.717, 1.165) is 19.5 Å². The number of halogens is 1. The van der Waals surface area contributed by atoms with Crippen LogP contribution in [0.3, 0.4) is 0 Å². The molecule has 0 radical (unpaired) electrons. The summed E-state index contributed by atoms with van der Waals surface area (Å²) in [5, 5.41) is 3.20. The molecule has 0 aromatic heterocycles. The number of rotatable bonds is 5. The van der Waals surface area contributed by atoms with Crippen molar-refractivity contribution in [1.29, 1.82) is 0 Å². The highest BCUT2D eigenvalue weighted by Gasteiger charge is 2.19. The van der Waals surface area contributed by atoms with Gasteiger partial charge in [-0.2, -0.15) is 12.7 Å². The molecule has 92 valence electrons. The van der Waals surface area contributed by atoms with E-state index in [-0.39, 0.29) is 12.4 Å². The fourth-order valence-corrected chi connectivity index (χ4v) is 2.40. The molecular formula is C8H20ClN3O2S. The highest BCUT2D eigenvalue weighted by molar-refractivity contribution is 7.87. The van der Waals surface area contributed by atoms with Crippen LogP contribution in [0.15, 0.2) is 0 Å². The van der Waals surface area contributed by atoms with Gasteiger partial charge in [-0.3, -0.25) is 0 Å². The summed E-state index contributed by atoms with van der Waals surface area (Å²) < 4.78 is 27.0. The molecule has 1 aliphatic heterocycles. The Hall–Kier alpha value is 0.120. The van der Waals surface area contributed by atoms with Crippen molar-refractivity contribution in [3.8, 4) is 0 Å². The molecule has 0 aromatic rings. The van der Waals surface area contributed by atoms with Gasteiger partial charge in [0.1, 0.15) is 0 Å². The van der Waals surface area contributed by atoms with Crippen LogP contribution in [0.1, 0.15) is 13.3 Å². The summed E-state index contributed by atoms with van der Waals surface area (Å²) in [7, 11) is -1.66. The first-order chi connectivity index (χ1) is 6.56. The summed E-state index contributed by atoms with van der Waals surface area (Å²) in [6.45, 7) is 4.77. The molecule has 0 amide bonds. The molecule has 1 heterocycles. The van der Waals surface area contributed by atoms with Gasteiger partial charge in [0.25, 0.3) is 10.2 Å². The van der Waals surface area contributed by atoms with E-state index in [1.165, 1.54) is 4.31 Å². The van der Waals surface area contributed by atoms with Gasteiger partial charge in [0, 0.05) is 20.1 Å². The summed E-state index contributed by atoms with van der Waals surface area (Å²) in [6, 6.07) is 0. The van der Waals surface area contributed by atoms with E-state index in [0.29, 0.717) is 19.0 Å². The Balaban J connectivity index is 0.00000196. The zero-order chi connectivity index (χ0) is 10.6. The largest absolute Gasteiger partial charge is 0.316 e. The standard InChI is InChI=1S/C8H19N3O2S.ClH/c1-3-11(2)14(12,13)10-7-8-4-5-9-6-8;/h8-10H,3-7H2,1-2H3;1H. The van der Waals surface area contributed by atoms with Crippen molar-refractivity contribution in [1.82, 2.24) is 14.3 Å². The third-order valence-corrected chi connectivity index (χ3v) is 4.18. The Morgan fingerprint density at radius 1 is 1.53 bits per heavy atom. The van der Waals surface area contributed by atoms with Gasteiger partial charge in [0.05, 0.1) is 0 Å². The van der Waals surface area contributed by atoms with Gasteiger partial charge in [0.15, 0.2) is 0 Å². The number of hydrogen-bond donors (Lipinski definition) is 2. The number of hydrogen-bond acceptors (Lipinski definition) is 3. The molecule has 15 heavy (non-hydrogen) atoms. The van der Waals surface area contributed by atoms with Crippen LogP contribution in [0.5, 0.6) is 0 Å². The highest BCUT2D eigenvalue weighted by Crippen LogP contribution is 2.06. The quantitative estimate of drug-likeness (QED) is 0.717. The van der Waals surface area contributed by atoms with Gasteiger partial charge in [-0.1, -0.05) is 6.92 Å². The summed E-state index contributed by atoms with van der Waals surface area (Å²) in [5.41, 5.74) is 0. The molecule has 0 saturated carbocycles. The third kappa shape index (κ3) is 4.65. The van der Waals surface area contributed by atoms with Crippen molar-refractivity contribution in [3.05, 3.63) is 0 Å². The van der Waals surface area contributed by atoms with Crippen molar-refractivity contribution in [3.63, 3.8) is 0 Å². The van der Waals surface area contributed by atoms with Gasteiger partial charge in [-0.15, -0.1) is 12.4 Å². The van der Waals surface area contributed by atoms with Gasteiger partial charge < -0.3 is 5.32 Å². The van der Waals surface area contributed by atoms with E-state index < -0.39 is 10.2 Å². The fourth-order valence-electron chi connectivity index (χ4n) is 1.39. The Labute approximate surface area is 98.2 Å². The molecule has 0 bridgehead atoms. The smallest absolute Gasteiger partial charge is 0.279 e. The Bertz CT molecular complexity index is 265. The lowest BCUT2D eigenvalue weighted by Crippen LogP contribution is -2.40. The zero-order valence-electron chi connectivity index (χ0n) is 9.19. The normalized spacial score (nSPS) is 21.7. The first-order valence-corrected chi connectivity index (χ1v) is 6.42. The molecule has 0 aromatic carbocycles. The van der Waals surface area contributed by atoms with Crippen molar-refractivity contribution in [2.24, 2.45) is 5.92 Å². The summed E-state index contributed by atoms with van der Waals surface area (Å²) in [5.74, 6) is 0.440. The second-order valence-corrected chi connectivity index (χ2v) is 5.49.